The van der Waals surface area contributed by atoms with Crippen molar-refractivity contribution in [2.75, 3.05) is 0 Å². The van der Waals surface area contributed by atoms with Gasteiger partial charge in [0.2, 0.25) is 0 Å². The van der Waals surface area contributed by atoms with Gasteiger partial charge >= 0.3 is 0 Å². The summed E-state index contributed by atoms with van der Waals surface area (Å²) in [7, 11) is 0. The van der Waals surface area contributed by atoms with Gasteiger partial charge in [0, 0.05) is 23.2 Å². The van der Waals surface area contributed by atoms with Crippen LogP contribution in [0.5, 0.6) is 0 Å². The molecule has 3 rings (SSSR count). The van der Waals surface area contributed by atoms with E-state index in [9.17, 15) is 0 Å². The minimum absolute atomic E-state index is 0.918. The van der Waals surface area contributed by atoms with E-state index in [1.54, 1.807) is 35.1 Å². The average Bonchev–Trinajstić information content (AvgIpc) is 3.17. The molecule has 3 aromatic heterocycles. The van der Waals surface area contributed by atoms with Gasteiger partial charge in [-0.3, -0.25) is 0 Å². The predicted octanol–water partition coefficient (Wildman–Crippen LogP) is 4.34. The highest BCUT2D eigenvalue weighted by Gasteiger charge is 1.94. The van der Waals surface area contributed by atoms with Crippen molar-refractivity contribution in [2.24, 2.45) is 0 Å². The van der Waals surface area contributed by atoms with Crippen molar-refractivity contribution in [1.82, 2.24) is 15.0 Å². The Kier molecular flexibility index (Phi) is 4.10. The summed E-state index contributed by atoms with van der Waals surface area (Å²) in [5.41, 5.74) is 1.84. The van der Waals surface area contributed by atoms with Crippen LogP contribution >= 0.6 is 22.7 Å². The molecule has 0 N–H and O–H groups in total. The number of pyridine rings is 1. The molecule has 0 saturated heterocycles. The van der Waals surface area contributed by atoms with Crippen LogP contribution in [0.15, 0.2) is 41.4 Å². The van der Waals surface area contributed by atoms with E-state index in [-0.39, 0.29) is 0 Å². The molecule has 0 unspecified atom stereocenters. The van der Waals surface area contributed by atoms with E-state index < -0.39 is 0 Å². The van der Waals surface area contributed by atoms with Crippen LogP contribution in [0.3, 0.4) is 0 Å². The summed E-state index contributed by atoms with van der Waals surface area (Å²) in [6.07, 6.45) is 11.5. The van der Waals surface area contributed by atoms with Crippen LogP contribution in [0.25, 0.3) is 24.3 Å². The highest BCUT2D eigenvalue weighted by molar-refractivity contribution is 7.10. The molecule has 5 heteroatoms. The molecule has 20 heavy (non-hydrogen) atoms. The van der Waals surface area contributed by atoms with E-state index in [1.165, 1.54) is 0 Å². The Hall–Kier alpha value is -2.11. The summed E-state index contributed by atoms with van der Waals surface area (Å²) in [5.74, 6) is 0. The molecule has 0 aromatic carbocycles. The van der Waals surface area contributed by atoms with Crippen molar-refractivity contribution >= 4 is 47.0 Å². The molecule has 0 spiro atoms. The summed E-state index contributed by atoms with van der Waals surface area (Å²) in [5, 5.41) is 5.88. The van der Waals surface area contributed by atoms with Crippen molar-refractivity contribution < 1.29 is 0 Å². The second-order valence-corrected chi connectivity index (χ2v) is 5.75. The van der Waals surface area contributed by atoms with Gasteiger partial charge in [-0.05, 0) is 36.4 Å². The van der Waals surface area contributed by atoms with E-state index in [0.717, 1.165) is 21.4 Å². The van der Waals surface area contributed by atoms with Gasteiger partial charge in [-0.25, -0.2) is 15.0 Å². The van der Waals surface area contributed by atoms with Crippen molar-refractivity contribution in [3.63, 3.8) is 0 Å². The van der Waals surface area contributed by atoms with E-state index in [0.29, 0.717) is 0 Å². The smallest absolute Gasteiger partial charge is 0.116 e. The predicted molar refractivity (Wildman–Crippen MR) is 86.3 cm³/mol. The molecule has 0 aliphatic carbocycles. The first kappa shape index (κ1) is 12.9. The molecule has 3 aromatic rings. The Balaban J connectivity index is 1.76. The number of hydrogen-bond acceptors (Lipinski definition) is 5. The standard InChI is InChI=1S/C15H11N3S2/c1-2-12(4-6-14-16-8-10-19-14)18-13(3-1)5-7-15-17-9-11-20-15/h1-11H/b6-4+,7-5+. The Morgan fingerprint density at radius 2 is 1.30 bits per heavy atom. The topological polar surface area (TPSA) is 38.7 Å². The summed E-state index contributed by atoms with van der Waals surface area (Å²) in [6.45, 7) is 0. The van der Waals surface area contributed by atoms with Gasteiger partial charge in [0.25, 0.3) is 0 Å². The van der Waals surface area contributed by atoms with E-state index >= 15 is 0 Å². The third-order valence-electron chi connectivity index (χ3n) is 2.49. The number of rotatable bonds is 4. The zero-order valence-electron chi connectivity index (χ0n) is 10.5. The van der Waals surface area contributed by atoms with E-state index in [1.807, 2.05) is 53.3 Å². The highest BCUT2D eigenvalue weighted by Crippen LogP contribution is 2.12. The lowest BCUT2D eigenvalue weighted by Crippen LogP contribution is -1.84. The quantitative estimate of drug-likeness (QED) is 0.719. The highest BCUT2D eigenvalue weighted by atomic mass is 32.1. The van der Waals surface area contributed by atoms with Crippen LogP contribution in [0.4, 0.5) is 0 Å². The molecule has 3 nitrogen and oxygen atoms in total. The molecular formula is C15H11N3S2. The fraction of sp³-hybridized carbons (Fsp3) is 0. The van der Waals surface area contributed by atoms with Crippen LogP contribution in [0.2, 0.25) is 0 Å². The maximum absolute atomic E-state index is 4.55. The van der Waals surface area contributed by atoms with Gasteiger partial charge in [-0.15, -0.1) is 22.7 Å². The maximum atomic E-state index is 4.55. The molecule has 0 fully saturated rings. The average molecular weight is 297 g/mol. The van der Waals surface area contributed by atoms with Gasteiger partial charge in [-0.1, -0.05) is 6.07 Å². The summed E-state index contributed by atoms with van der Waals surface area (Å²) in [4.78, 5) is 13.0. The molecule has 0 atom stereocenters. The minimum Gasteiger partial charge on any atom is -0.249 e. The second kappa shape index (κ2) is 6.36. The molecule has 0 radical (unpaired) electrons. The fourth-order valence-electron chi connectivity index (χ4n) is 1.60. The van der Waals surface area contributed by atoms with E-state index in [4.69, 9.17) is 0 Å². The van der Waals surface area contributed by atoms with Crippen molar-refractivity contribution in [3.05, 3.63) is 62.8 Å². The van der Waals surface area contributed by atoms with Gasteiger partial charge in [0.05, 0.1) is 11.4 Å². The van der Waals surface area contributed by atoms with Crippen LogP contribution in [0.1, 0.15) is 21.4 Å². The van der Waals surface area contributed by atoms with Crippen molar-refractivity contribution in [2.45, 2.75) is 0 Å². The monoisotopic (exact) mass is 297 g/mol. The first-order valence-corrected chi connectivity index (χ1v) is 7.78. The van der Waals surface area contributed by atoms with Crippen molar-refractivity contribution in [3.8, 4) is 0 Å². The zero-order valence-corrected chi connectivity index (χ0v) is 12.1. The van der Waals surface area contributed by atoms with Crippen LogP contribution in [-0.4, -0.2) is 15.0 Å². The molecule has 0 aliphatic rings. The number of thiazole rings is 2. The normalized spacial score (nSPS) is 11.6. The van der Waals surface area contributed by atoms with Gasteiger partial charge in [0.15, 0.2) is 0 Å². The first-order chi connectivity index (χ1) is 9.90. The Morgan fingerprint density at radius 3 is 1.75 bits per heavy atom. The molecule has 3 heterocycles. The Bertz CT molecular complexity index is 654. The van der Waals surface area contributed by atoms with Crippen LogP contribution < -0.4 is 0 Å². The third kappa shape index (κ3) is 3.46. The second-order valence-electron chi connectivity index (χ2n) is 3.89. The first-order valence-electron chi connectivity index (χ1n) is 6.02. The molecular weight excluding hydrogens is 286 g/mol. The molecule has 0 saturated carbocycles. The van der Waals surface area contributed by atoms with Gasteiger partial charge in [-0.2, -0.15) is 0 Å². The summed E-state index contributed by atoms with van der Waals surface area (Å²) < 4.78 is 0. The number of aromatic nitrogens is 3. The van der Waals surface area contributed by atoms with Crippen molar-refractivity contribution in [1.29, 1.82) is 0 Å². The third-order valence-corrected chi connectivity index (χ3v) is 3.97. The van der Waals surface area contributed by atoms with Crippen LogP contribution in [-0.2, 0) is 0 Å². The summed E-state index contributed by atoms with van der Waals surface area (Å²) in [6, 6.07) is 5.95. The molecule has 98 valence electrons. The maximum Gasteiger partial charge on any atom is 0.116 e. The zero-order chi connectivity index (χ0) is 13.6. The number of nitrogens with zero attached hydrogens (tertiary/aromatic N) is 3. The summed E-state index contributed by atoms with van der Waals surface area (Å²) >= 11 is 3.22. The lowest BCUT2D eigenvalue weighted by molar-refractivity contribution is 1.27. The lowest BCUT2D eigenvalue weighted by atomic mass is 10.2. The number of hydrogen-bond donors (Lipinski definition) is 0. The lowest BCUT2D eigenvalue weighted by Gasteiger charge is -1.95. The van der Waals surface area contributed by atoms with Gasteiger partial charge < -0.3 is 0 Å². The van der Waals surface area contributed by atoms with Crippen LogP contribution in [0, 0.1) is 0 Å². The SMILES string of the molecule is C(=C\c1nccs1)/c1cccc(/C=C/c2nccs2)n1. The van der Waals surface area contributed by atoms with Gasteiger partial charge in [0.1, 0.15) is 10.0 Å². The fourth-order valence-corrected chi connectivity index (χ4v) is 2.66. The Morgan fingerprint density at radius 1 is 0.750 bits per heavy atom. The molecule has 0 amide bonds. The largest absolute Gasteiger partial charge is 0.249 e. The minimum atomic E-state index is 0.918. The van der Waals surface area contributed by atoms with E-state index in [2.05, 4.69) is 15.0 Å². The molecule has 0 bridgehead atoms. The molecule has 0 aliphatic heterocycles. The Labute approximate surface area is 125 Å².